The Morgan fingerprint density at radius 2 is 2.05 bits per heavy atom. The summed E-state index contributed by atoms with van der Waals surface area (Å²) in [4.78, 5) is 23.3. The standard InChI is InChI=1S/C16H18N2O3/c1-17-8-9-18(16(17)21)14-5-3-2-4-12(14)13(10-15(19)20)11-6-7-11/h2-5,8-9,11,13H,6-7,10H2,1H3,(H,19,20). The van der Waals surface area contributed by atoms with Gasteiger partial charge < -0.3 is 9.67 Å². The predicted molar refractivity (Wildman–Crippen MR) is 78.7 cm³/mol. The van der Waals surface area contributed by atoms with Crippen molar-refractivity contribution in [2.45, 2.75) is 25.2 Å². The second-order valence-corrected chi connectivity index (χ2v) is 5.66. The third-order valence-electron chi connectivity index (χ3n) is 4.13. The molecular formula is C16H18N2O3. The molecule has 110 valence electrons. The van der Waals surface area contributed by atoms with E-state index in [2.05, 4.69) is 0 Å². The predicted octanol–water partition coefficient (Wildman–Crippen LogP) is 2.14. The van der Waals surface area contributed by atoms with Gasteiger partial charge in [0.1, 0.15) is 0 Å². The van der Waals surface area contributed by atoms with Crippen LogP contribution in [-0.4, -0.2) is 20.2 Å². The minimum absolute atomic E-state index is 0.0224. The number of carboxylic acids is 1. The first-order valence-corrected chi connectivity index (χ1v) is 7.13. The van der Waals surface area contributed by atoms with Crippen LogP contribution < -0.4 is 5.69 Å². The molecule has 1 atom stereocenters. The third-order valence-corrected chi connectivity index (χ3v) is 4.13. The van der Waals surface area contributed by atoms with E-state index in [0.717, 1.165) is 24.1 Å². The molecular weight excluding hydrogens is 268 g/mol. The van der Waals surface area contributed by atoms with Crippen LogP contribution in [0, 0.1) is 5.92 Å². The molecule has 21 heavy (non-hydrogen) atoms. The Morgan fingerprint density at radius 3 is 2.62 bits per heavy atom. The number of imidazole rings is 1. The van der Waals surface area contributed by atoms with Crippen molar-refractivity contribution in [2.75, 3.05) is 0 Å². The van der Waals surface area contributed by atoms with Crippen molar-refractivity contribution in [1.29, 1.82) is 0 Å². The SMILES string of the molecule is Cn1ccn(-c2ccccc2C(CC(=O)O)C2CC2)c1=O. The third kappa shape index (κ3) is 2.63. The van der Waals surface area contributed by atoms with Gasteiger partial charge in [-0.05, 0) is 36.3 Å². The number of hydrogen-bond acceptors (Lipinski definition) is 2. The van der Waals surface area contributed by atoms with Crippen molar-refractivity contribution in [3.8, 4) is 5.69 Å². The van der Waals surface area contributed by atoms with Gasteiger partial charge in [-0.2, -0.15) is 0 Å². The molecule has 3 rings (SSSR count). The molecule has 5 heteroatoms. The number of carboxylic acid groups (broad SMARTS) is 1. The first kappa shape index (κ1) is 13.7. The molecule has 0 saturated heterocycles. The van der Waals surface area contributed by atoms with Gasteiger partial charge >= 0.3 is 11.7 Å². The quantitative estimate of drug-likeness (QED) is 0.916. The van der Waals surface area contributed by atoms with Crippen LogP contribution in [0.15, 0.2) is 41.5 Å². The van der Waals surface area contributed by atoms with Gasteiger partial charge in [-0.1, -0.05) is 18.2 Å². The van der Waals surface area contributed by atoms with E-state index in [4.69, 9.17) is 5.11 Å². The Labute approximate surface area is 122 Å². The highest BCUT2D eigenvalue weighted by Gasteiger charge is 2.35. The Bertz CT molecular complexity index is 725. The van der Waals surface area contributed by atoms with Gasteiger partial charge in [0.2, 0.25) is 0 Å². The van der Waals surface area contributed by atoms with Gasteiger partial charge in [-0.15, -0.1) is 0 Å². The summed E-state index contributed by atoms with van der Waals surface area (Å²) in [6.45, 7) is 0. The molecule has 1 saturated carbocycles. The summed E-state index contributed by atoms with van der Waals surface area (Å²) in [5, 5.41) is 9.17. The summed E-state index contributed by atoms with van der Waals surface area (Å²) in [5.41, 5.74) is 1.63. The average molecular weight is 286 g/mol. The monoisotopic (exact) mass is 286 g/mol. The van der Waals surface area contributed by atoms with Gasteiger partial charge in [-0.25, -0.2) is 4.79 Å². The van der Waals surface area contributed by atoms with E-state index < -0.39 is 5.97 Å². The number of carbonyl (C=O) groups is 1. The molecule has 1 aromatic heterocycles. The maximum atomic E-state index is 12.2. The number of para-hydroxylation sites is 1. The highest BCUT2D eigenvalue weighted by atomic mass is 16.4. The summed E-state index contributed by atoms with van der Waals surface area (Å²) in [5.74, 6) is -0.394. The van der Waals surface area contributed by atoms with Crippen LogP contribution in [0.3, 0.4) is 0 Å². The maximum Gasteiger partial charge on any atom is 0.332 e. The number of aryl methyl sites for hydroxylation is 1. The number of nitrogens with zero attached hydrogens (tertiary/aromatic N) is 2. The molecule has 0 spiro atoms. The summed E-state index contributed by atoms with van der Waals surface area (Å²) in [6.07, 6.45) is 5.68. The number of rotatable bonds is 5. The summed E-state index contributed by atoms with van der Waals surface area (Å²) >= 11 is 0. The lowest BCUT2D eigenvalue weighted by Crippen LogP contribution is -2.22. The van der Waals surface area contributed by atoms with E-state index >= 15 is 0 Å². The van der Waals surface area contributed by atoms with E-state index in [1.165, 1.54) is 4.57 Å². The molecule has 1 heterocycles. The lowest BCUT2D eigenvalue weighted by molar-refractivity contribution is -0.137. The normalized spacial score (nSPS) is 15.9. The fourth-order valence-corrected chi connectivity index (χ4v) is 2.89. The highest BCUT2D eigenvalue weighted by Crippen LogP contribution is 2.45. The molecule has 0 radical (unpaired) electrons. The van der Waals surface area contributed by atoms with E-state index in [0.29, 0.717) is 5.92 Å². The van der Waals surface area contributed by atoms with Crippen molar-refractivity contribution in [3.63, 3.8) is 0 Å². The second kappa shape index (κ2) is 5.24. The second-order valence-electron chi connectivity index (χ2n) is 5.66. The maximum absolute atomic E-state index is 12.2. The van der Waals surface area contributed by atoms with Crippen LogP contribution in [0.5, 0.6) is 0 Å². The zero-order valence-electron chi connectivity index (χ0n) is 11.9. The minimum Gasteiger partial charge on any atom is -0.481 e. The summed E-state index contributed by atoms with van der Waals surface area (Å²) in [7, 11) is 1.71. The fourth-order valence-electron chi connectivity index (χ4n) is 2.89. The first-order valence-electron chi connectivity index (χ1n) is 7.13. The molecule has 1 unspecified atom stereocenters. The lowest BCUT2D eigenvalue weighted by Gasteiger charge is -2.18. The Hall–Kier alpha value is -2.30. The van der Waals surface area contributed by atoms with Crippen LogP contribution in [0.4, 0.5) is 0 Å². The number of aromatic nitrogens is 2. The molecule has 1 aliphatic rings. The molecule has 1 aliphatic carbocycles. The molecule has 2 aromatic rings. The Balaban J connectivity index is 2.08. The lowest BCUT2D eigenvalue weighted by atomic mass is 9.89. The van der Waals surface area contributed by atoms with Crippen molar-refractivity contribution >= 4 is 5.97 Å². The molecule has 1 N–H and O–H groups in total. The van der Waals surface area contributed by atoms with E-state index in [1.54, 1.807) is 24.0 Å². The largest absolute Gasteiger partial charge is 0.481 e. The van der Waals surface area contributed by atoms with Gasteiger partial charge in [0, 0.05) is 19.4 Å². The summed E-state index contributed by atoms with van der Waals surface area (Å²) in [6, 6.07) is 7.61. The minimum atomic E-state index is -0.790. The van der Waals surface area contributed by atoms with Crippen LogP contribution in [0.2, 0.25) is 0 Å². The number of aliphatic carboxylic acids is 1. The molecule has 0 bridgehead atoms. The van der Waals surface area contributed by atoms with Crippen LogP contribution in [-0.2, 0) is 11.8 Å². The van der Waals surface area contributed by atoms with Crippen molar-refractivity contribution in [2.24, 2.45) is 13.0 Å². The fraction of sp³-hybridized carbons (Fsp3) is 0.375. The van der Waals surface area contributed by atoms with Crippen molar-refractivity contribution in [1.82, 2.24) is 9.13 Å². The van der Waals surface area contributed by atoms with Gasteiger partial charge in [0.05, 0.1) is 12.1 Å². The van der Waals surface area contributed by atoms with Crippen LogP contribution in [0.1, 0.15) is 30.7 Å². The van der Waals surface area contributed by atoms with Crippen molar-refractivity contribution in [3.05, 3.63) is 52.7 Å². The molecule has 5 nitrogen and oxygen atoms in total. The molecule has 1 aromatic carbocycles. The molecule has 0 aliphatic heterocycles. The van der Waals surface area contributed by atoms with Crippen LogP contribution >= 0.6 is 0 Å². The Morgan fingerprint density at radius 1 is 1.33 bits per heavy atom. The van der Waals surface area contributed by atoms with E-state index in [1.807, 2.05) is 24.3 Å². The molecule has 0 amide bonds. The van der Waals surface area contributed by atoms with Gasteiger partial charge in [0.25, 0.3) is 0 Å². The van der Waals surface area contributed by atoms with Gasteiger partial charge in [0.15, 0.2) is 0 Å². The zero-order valence-corrected chi connectivity index (χ0v) is 11.9. The number of benzene rings is 1. The smallest absolute Gasteiger partial charge is 0.332 e. The Kier molecular flexibility index (Phi) is 3.41. The van der Waals surface area contributed by atoms with Gasteiger partial charge in [-0.3, -0.25) is 9.36 Å². The highest BCUT2D eigenvalue weighted by molar-refractivity contribution is 5.68. The van der Waals surface area contributed by atoms with E-state index in [9.17, 15) is 9.59 Å². The summed E-state index contributed by atoms with van der Waals surface area (Å²) < 4.78 is 3.10. The van der Waals surface area contributed by atoms with Crippen molar-refractivity contribution < 1.29 is 9.90 Å². The number of hydrogen-bond donors (Lipinski definition) is 1. The zero-order chi connectivity index (χ0) is 15.0. The average Bonchev–Trinajstić information content (AvgIpc) is 3.24. The van der Waals surface area contributed by atoms with Crippen LogP contribution in [0.25, 0.3) is 5.69 Å². The topological polar surface area (TPSA) is 64.2 Å². The molecule has 1 fully saturated rings. The first-order chi connectivity index (χ1) is 10.1. The van der Waals surface area contributed by atoms with E-state index in [-0.39, 0.29) is 18.0 Å².